The fourth-order valence-corrected chi connectivity index (χ4v) is 1.93. The van der Waals surface area contributed by atoms with Gasteiger partial charge in [-0.1, -0.05) is 11.6 Å². The minimum atomic E-state index is -0.538. The van der Waals surface area contributed by atoms with Gasteiger partial charge in [-0.2, -0.15) is 5.48 Å². The first kappa shape index (κ1) is 13.9. The Labute approximate surface area is 115 Å². The van der Waals surface area contributed by atoms with E-state index in [1.54, 1.807) is 6.07 Å². The Morgan fingerprint density at radius 1 is 1.42 bits per heavy atom. The number of halogens is 1. The van der Waals surface area contributed by atoms with Crippen molar-refractivity contribution in [3.05, 3.63) is 22.7 Å². The Hall–Kier alpha value is -1.50. The summed E-state index contributed by atoms with van der Waals surface area (Å²) in [5, 5.41) is 0.492. The average molecular weight is 287 g/mol. The van der Waals surface area contributed by atoms with Crippen LogP contribution in [-0.2, 0) is 16.2 Å². The molecule has 6 nitrogen and oxygen atoms in total. The molecule has 0 fully saturated rings. The molecule has 1 amide bonds. The molecule has 7 heteroatoms. The van der Waals surface area contributed by atoms with E-state index in [0.29, 0.717) is 36.3 Å². The molecule has 0 saturated carbocycles. The van der Waals surface area contributed by atoms with Crippen molar-refractivity contribution in [1.82, 2.24) is 5.48 Å². The van der Waals surface area contributed by atoms with Crippen LogP contribution in [-0.4, -0.2) is 25.7 Å². The predicted octanol–water partition coefficient (Wildman–Crippen LogP) is 1.01. The van der Waals surface area contributed by atoms with Gasteiger partial charge in [0.25, 0.3) is 0 Å². The Kier molecular flexibility index (Phi) is 4.84. The lowest BCUT2D eigenvalue weighted by Gasteiger charge is -2.12. The molecule has 0 spiro atoms. The molecule has 0 aromatic heterocycles. The molecule has 1 aliphatic heterocycles. The second kappa shape index (κ2) is 6.60. The number of carbonyl (C=O) groups is 1. The van der Waals surface area contributed by atoms with Gasteiger partial charge in [-0.25, -0.2) is 0 Å². The molecule has 19 heavy (non-hydrogen) atoms. The summed E-state index contributed by atoms with van der Waals surface area (Å²) in [6, 6.07) is 3.59. The highest BCUT2D eigenvalue weighted by atomic mass is 35.5. The molecule has 2 rings (SSSR count). The number of primary amides is 1. The quantitative estimate of drug-likeness (QED) is 0.623. The van der Waals surface area contributed by atoms with Gasteiger partial charge in [-0.05, 0) is 17.7 Å². The number of nitrogens with two attached hydrogens (primary N) is 1. The van der Waals surface area contributed by atoms with Crippen LogP contribution in [0.25, 0.3) is 0 Å². The molecule has 3 N–H and O–H groups in total. The van der Waals surface area contributed by atoms with Crippen molar-refractivity contribution >= 4 is 17.5 Å². The smallest absolute Gasteiger partial charge is 0.245 e. The Morgan fingerprint density at radius 2 is 2.21 bits per heavy atom. The third kappa shape index (κ3) is 3.99. The molecule has 0 saturated heterocycles. The number of carbonyl (C=O) groups excluding carboxylic acids is 1. The molecule has 0 aliphatic carbocycles. The average Bonchev–Trinajstić information content (AvgIpc) is 2.60. The summed E-state index contributed by atoms with van der Waals surface area (Å²) in [7, 11) is 0. The lowest BCUT2D eigenvalue weighted by Crippen LogP contribution is -2.24. The van der Waals surface area contributed by atoms with E-state index >= 15 is 0 Å². The lowest BCUT2D eigenvalue weighted by molar-refractivity contribution is -0.125. The highest BCUT2D eigenvalue weighted by Gasteiger charge is 2.15. The van der Waals surface area contributed by atoms with Crippen LogP contribution in [0.4, 0.5) is 0 Å². The maximum absolute atomic E-state index is 10.5. The van der Waals surface area contributed by atoms with Gasteiger partial charge in [0.1, 0.15) is 6.61 Å². The summed E-state index contributed by atoms with van der Waals surface area (Å²) in [5.74, 6) is 0.655. The lowest BCUT2D eigenvalue weighted by atomic mass is 10.2. The zero-order chi connectivity index (χ0) is 13.7. The summed E-state index contributed by atoms with van der Waals surface area (Å²) in [4.78, 5) is 15.4. The minimum Gasteiger partial charge on any atom is -0.489 e. The van der Waals surface area contributed by atoms with Gasteiger partial charge in [0.2, 0.25) is 5.91 Å². The predicted molar refractivity (Wildman–Crippen MR) is 69.0 cm³/mol. The molecule has 1 heterocycles. The van der Waals surface area contributed by atoms with Crippen molar-refractivity contribution in [3.8, 4) is 11.5 Å². The van der Waals surface area contributed by atoms with Crippen LogP contribution in [0.1, 0.15) is 12.0 Å². The van der Waals surface area contributed by atoms with Gasteiger partial charge in [0.15, 0.2) is 11.5 Å². The summed E-state index contributed by atoms with van der Waals surface area (Å²) < 4.78 is 11.1. The first-order valence-electron chi connectivity index (χ1n) is 5.88. The Bertz CT molecular complexity index is 467. The van der Waals surface area contributed by atoms with Gasteiger partial charge in [0.05, 0.1) is 18.2 Å². The molecule has 0 unspecified atom stereocenters. The Morgan fingerprint density at radius 3 is 3.00 bits per heavy atom. The van der Waals surface area contributed by atoms with E-state index in [9.17, 15) is 4.79 Å². The molecule has 1 aromatic carbocycles. The fraction of sp³-hybridized carbons (Fsp3) is 0.417. The van der Waals surface area contributed by atoms with E-state index in [-0.39, 0.29) is 6.61 Å². The van der Waals surface area contributed by atoms with E-state index in [1.807, 2.05) is 6.07 Å². The van der Waals surface area contributed by atoms with Crippen LogP contribution in [0.5, 0.6) is 11.5 Å². The number of fused-ring (bicyclic) bond motifs is 1. The first-order chi connectivity index (χ1) is 9.16. The van der Waals surface area contributed by atoms with Crippen molar-refractivity contribution in [1.29, 1.82) is 0 Å². The van der Waals surface area contributed by atoms with Crippen LogP contribution in [0, 0.1) is 0 Å². The summed E-state index contributed by atoms with van der Waals surface area (Å²) in [5.41, 5.74) is 8.43. The van der Waals surface area contributed by atoms with Crippen LogP contribution in [0.2, 0.25) is 5.02 Å². The highest BCUT2D eigenvalue weighted by Crippen LogP contribution is 2.37. The van der Waals surface area contributed by atoms with Crippen molar-refractivity contribution < 1.29 is 19.1 Å². The number of nitrogens with one attached hydrogen (secondary N) is 1. The summed E-state index contributed by atoms with van der Waals surface area (Å²) in [6.45, 7) is 1.38. The number of ether oxygens (including phenoxy) is 2. The summed E-state index contributed by atoms with van der Waals surface area (Å²) >= 11 is 6.14. The normalized spacial score (nSPS) is 13.9. The van der Waals surface area contributed by atoms with Crippen molar-refractivity contribution in [3.63, 3.8) is 0 Å². The van der Waals surface area contributed by atoms with Crippen LogP contribution >= 0.6 is 11.6 Å². The SMILES string of the molecule is NC(=O)CONCc1cc(Cl)c2c(c1)OCCCO2. The number of rotatable bonds is 5. The maximum atomic E-state index is 10.5. The number of amides is 1. The van der Waals surface area contributed by atoms with Crippen molar-refractivity contribution in [2.24, 2.45) is 5.73 Å². The zero-order valence-electron chi connectivity index (χ0n) is 10.3. The Balaban J connectivity index is 2.00. The summed E-state index contributed by atoms with van der Waals surface area (Å²) in [6.07, 6.45) is 0.820. The molecular weight excluding hydrogens is 272 g/mol. The first-order valence-corrected chi connectivity index (χ1v) is 6.25. The van der Waals surface area contributed by atoms with Crippen LogP contribution < -0.4 is 20.7 Å². The minimum absolute atomic E-state index is 0.182. The molecule has 0 radical (unpaired) electrons. The van der Waals surface area contributed by atoms with E-state index in [4.69, 9.17) is 31.6 Å². The maximum Gasteiger partial charge on any atom is 0.245 e. The fourth-order valence-electron chi connectivity index (χ4n) is 1.64. The number of hydroxylamine groups is 1. The molecule has 0 bridgehead atoms. The monoisotopic (exact) mass is 286 g/mol. The molecule has 104 valence electrons. The van der Waals surface area contributed by atoms with Gasteiger partial charge in [-0.3, -0.25) is 9.63 Å². The second-order valence-electron chi connectivity index (χ2n) is 4.03. The zero-order valence-corrected chi connectivity index (χ0v) is 11.0. The third-order valence-electron chi connectivity index (χ3n) is 2.45. The van der Waals surface area contributed by atoms with Gasteiger partial charge in [-0.15, -0.1) is 0 Å². The third-order valence-corrected chi connectivity index (χ3v) is 2.74. The van der Waals surface area contributed by atoms with E-state index in [1.165, 1.54) is 0 Å². The highest BCUT2D eigenvalue weighted by molar-refractivity contribution is 6.32. The van der Waals surface area contributed by atoms with E-state index < -0.39 is 5.91 Å². The van der Waals surface area contributed by atoms with Gasteiger partial charge in [0, 0.05) is 13.0 Å². The molecule has 1 aromatic rings. The van der Waals surface area contributed by atoms with E-state index in [0.717, 1.165) is 12.0 Å². The topological polar surface area (TPSA) is 82.8 Å². The van der Waals surface area contributed by atoms with Crippen molar-refractivity contribution in [2.45, 2.75) is 13.0 Å². The standard InChI is InChI=1S/C12H15ClN2O4/c13-9-4-8(6-15-19-7-11(14)16)5-10-12(9)18-3-1-2-17-10/h4-5,15H,1-3,6-7H2,(H2,14,16). The number of benzene rings is 1. The van der Waals surface area contributed by atoms with Crippen molar-refractivity contribution in [2.75, 3.05) is 19.8 Å². The van der Waals surface area contributed by atoms with E-state index in [2.05, 4.69) is 5.48 Å². The van der Waals surface area contributed by atoms with Crippen LogP contribution in [0.3, 0.4) is 0 Å². The number of hydrogen-bond acceptors (Lipinski definition) is 5. The molecule has 1 aliphatic rings. The van der Waals surface area contributed by atoms with Gasteiger partial charge < -0.3 is 15.2 Å². The van der Waals surface area contributed by atoms with Gasteiger partial charge >= 0.3 is 0 Å². The largest absolute Gasteiger partial charge is 0.489 e. The molecular formula is C12H15ClN2O4. The second-order valence-corrected chi connectivity index (χ2v) is 4.44. The van der Waals surface area contributed by atoms with Crippen LogP contribution in [0.15, 0.2) is 12.1 Å². The molecule has 0 atom stereocenters. The number of hydrogen-bond donors (Lipinski definition) is 2.